The summed E-state index contributed by atoms with van der Waals surface area (Å²) < 4.78 is 0. The Morgan fingerprint density at radius 1 is 1.59 bits per heavy atom. The van der Waals surface area contributed by atoms with E-state index < -0.39 is 0 Å². The number of rotatable bonds is 2. The molecule has 1 atom stereocenters. The molecule has 3 rings (SSSR count). The van der Waals surface area contributed by atoms with E-state index in [1.54, 1.807) is 12.1 Å². The third kappa shape index (κ3) is 2.72. The molecule has 112 valence electrons. The fraction of sp³-hybridized carbons (Fsp3) is 0.312. The van der Waals surface area contributed by atoms with Gasteiger partial charge in [-0.25, -0.2) is 4.98 Å². The molecule has 2 aromatic heterocycles. The van der Waals surface area contributed by atoms with E-state index in [0.29, 0.717) is 22.0 Å². The van der Waals surface area contributed by atoms with Crippen LogP contribution >= 0.6 is 22.9 Å². The van der Waals surface area contributed by atoms with E-state index in [2.05, 4.69) is 23.3 Å². The van der Waals surface area contributed by atoms with E-state index in [9.17, 15) is 10.1 Å². The Morgan fingerprint density at radius 2 is 2.41 bits per heavy atom. The van der Waals surface area contributed by atoms with Crippen LogP contribution < -0.4 is 5.32 Å². The van der Waals surface area contributed by atoms with Crippen molar-refractivity contribution in [2.75, 3.05) is 5.32 Å². The van der Waals surface area contributed by atoms with Gasteiger partial charge in [-0.15, -0.1) is 11.3 Å². The van der Waals surface area contributed by atoms with Crippen molar-refractivity contribution >= 4 is 33.8 Å². The highest BCUT2D eigenvalue weighted by Crippen LogP contribution is 2.39. The second kappa shape index (κ2) is 6.07. The molecule has 0 spiro atoms. The number of halogens is 1. The first-order valence-corrected chi connectivity index (χ1v) is 8.26. The Morgan fingerprint density at radius 3 is 3.14 bits per heavy atom. The molecular weight excluding hydrogens is 318 g/mol. The Labute approximate surface area is 137 Å². The maximum absolute atomic E-state index is 12.3. The molecule has 0 unspecified atom stereocenters. The molecule has 4 nitrogen and oxygen atoms in total. The van der Waals surface area contributed by atoms with E-state index in [4.69, 9.17) is 11.6 Å². The Kier molecular flexibility index (Phi) is 4.14. The zero-order valence-corrected chi connectivity index (χ0v) is 13.6. The lowest BCUT2D eigenvalue weighted by Gasteiger charge is -2.17. The summed E-state index contributed by atoms with van der Waals surface area (Å²) in [5, 5.41) is 13.0. The first-order chi connectivity index (χ1) is 10.6. The number of aromatic nitrogens is 1. The number of carbonyl (C=O) groups excluding carboxylic acids is 1. The van der Waals surface area contributed by atoms with Crippen LogP contribution in [0.3, 0.4) is 0 Å². The molecule has 0 fully saturated rings. The summed E-state index contributed by atoms with van der Waals surface area (Å²) >= 11 is 7.45. The lowest BCUT2D eigenvalue weighted by Crippen LogP contribution is -2.13. The van der Waals surface area contributed by atoms with Gasteiger partial charge in [-0.05, 0) is 42.9 Å². The van der Waals surface area contributed by atoms with Crippen LogP contribution in [0.25, 0.3) is 0 Å². The fourth-order valence-electron chi connectivity index (χ4n) is 2.68. The summed E-state index contributed by atoms with van der Waals surface area (Å²) in [5.41, 5.74) is 2.01. The molecule has 2 aromatic rings. The molecular formula is C16H14ClN3OS. The monoisotopic (exact) mass is 331 g/mol. The summed E-state index contributed by atoms with van der Waals surface area (Å²) in [6.07, 6.45) is 4.49. The summed E-state index contributed by atoms with van der Waals surface area (Å²) in [5.74, 6) is 0.287. The number of nitrogens with zero attached hydrogens (tertiary/aromatic N) is 2. The number of amides is 1. The van der Waals surface area contributed by atoms with Crippen LogP contribution in [0.2, 0.25) is 5.15 Å². The van der Waals surface area contributed by atoms with E-state index >= 15 is 0 Å². The second-order valence-electron chi connectivity index (χ2n) is 5.46. The molecule has 1 amide bonds. The minimum absolute atomic E-state index is 0.161. The lowest BCUT2D eigenvalue weighted by atomic mass is 9.88. The van der Waals surface area contributed by atoms with Gasteiger partial charge < -0.3 is 5.32 Å². The van der Waals surface area contributed by atoms with Crippen molar-refractivity contribution in [3.8, 4) is 6.07 Å². The van der Waals surface area contributed by atoms with Crippen LogP contribution in [-0.4, -0.2) is 10.9 Å². The molecule has 0 saturated heterocycles. The third-order valence-corrected chi connectivity index (χ3v) is 5.33. The largest absolute Gasteiger partial charge is 0.312 e. The molecule has 0 aliphatic heterocycles. The van der Waals surface area contributed by atoms with Crippen molar-refractivity contribution in [3.63, 3.8) is 0 Å². The number of nitriles is 1. The lowest BCUT2D eigenvalue weighted by molar-refractivity contribution is 0.102. The highest BCUT2D eigenvalue weighted by Gasteiger charge is 2.25. The molecule has 0 aromatic carbocycles. The number of fused-ring (bicyclic) bond motifs is 1. The van der Waals surface area contributed by atoms with Crippen molar-refractivity contribution in [3.05, 3.63) is 45.1 Å². The van der Waals surface area contributed by atoms with Gasteiger partial charge in [0.2, 0.25) is 0 Å². The fourth-order valence-corrected chi connectivity index (χ4v) is 4.24. The van der Waals surface area contributed by atoms with Gasteiger partial charge in [0.15, 0.2) is 0 Å². The molecule has 1 N–H and O–H groups in total. The average Bonchev–Trinajstić information content (AvgIpc) is 2.83. The highest BCUT2D eigenvalue weighted by molar-refractivity contribution is 7.16. The van der Waals surface area contributed by atoms with Crippen LogP contribution in [0, 0.1) is 17.2 Å². The first kappa shape index (κ1) is 15.0. The van der Waals surface area contributed by atoms with Crippen LogP contribution in [0.5, 0.6) is 0 Å². The van der Waals surface area contributed by atoms with Crippen LogP contribution in [0.4, 0.5) is 5.00 Å². The van der Waals surface area contributed by atoms with Crippen LogP contribution in [0.1, 0.15) is 39.7 Å². The van der Waals surface area contributed by atoms with Crippen molar-refractivity contribution in [2.24, 2.45) is 5.92 Å². The number of pyridine rings is 1. The molecule has 0 radical (unpaired) electrons. The summed E-state index contributed by atoms with van der Waals surface area (Å²) in [6.45, 7) is 2.21. The second-order valence-corrected chi connectivity index (χ2v) is 6.93. The molecule has 2 heterocycles. The molecule has 6 heteroatoms. The molecule has 0 saturated carbocycles. The van der Waals surface area contributed by atoms with E-state index in [1.165, 1.54) is 22.4 Å². The van der Waals surface area contributed by atoms with E-state index in [1.807, 2.05) is 0 Å². The van der Waals surface area contributed by atoms with Gasteiger partial charge in [0.25, 0.3) is 5.91 Å². The van der Waals surface area contributed by atoms with Crippen molar-refractivity contribution in [2.45, 2.75) is 26.2 Å². The van der Waals surface area contributed by atoms with Gasteiger partial charge in [-0.1, -0.05) is 18.5 Å². The number of hydrogen-bond donors (Lipinski definition) is 1. The standard InChI is InChI=1S/C16H14ClN3OS/c1-9-4-5-10-12(8-18)16(22-13(10)7-9)20-15(21)11-3-2-6-19-14(11)17/h2-3,6,9H,4-5,7H2,1H3,(H,20,21)/t9-/m1/s1. The molecule has 22 heavy (non-hydrogen) atoms. The summed E-state index contributed by atoms with van der Waals surface area (Å²) in [4.78, 5) is 17.5. The minimum Gasteiger partial charge on any atom is -0.312 e. The quantitative estimate of drug-likeness (QED) is 0.844. The minimum atomic E-state index is -0.332. The molecule has 1 aliphatic carbocycles. The Balaban J connectivity index is 1.92. The van der Waals surface area contributed by atoms with Crippen molar-refractivity contribution < 1.29 is 4.79 Å². The Bertz CT molecular complexity index is 778. The number of carbonyl (C=O) groups is 1. The van der Waals surface area contributed by atoms with Gasteiger partial charge in [0.1, 0.15) is 16.2 Å². The molecule has 0 bridgehead atoms. The maximum atomic E-state index is 12.3. The number of hydrogen-bond acceptors (Lipinski definition) is 4. The zero-order chi connectivity index (χ0) is 15.7. The van der Waals surface area contributed by atoms with Crippen LogP contribution in [-0.2, 0) is 12.8 Å². The smallest absolute Gasteiger partial charge is 0.259 e. The normalized spacial score (nSPS) is 16.7. The van der Waals surface area contributed by atoms with E-state index in [0.717, 1.165) is 24.8 Å². The summed E-state index contributed by atoms with van der Waals surface area (Å²) in [6, 6.07) is 5.51. The summed E-state index contributed by atoms with van der Waals surface area (Å²) in [7, 11) is 0. The van der Waals surface area contributed by atoms with Crippen LogP contribution in [0.15, 0.2) is 18.3 Å². The van der Waals surface area contributed by atoms with E-state index in [-0.39, 0.29) is 11.1 Å². The number of thiophene rings is 1. The van der Waals surface area contributed by atoms with Gasteiger partial charge in [-0.3, -0.25) is 4.79 Å². The number of anilines is 1. The topological polar surface area (TPSA) is 65.8 Å². The predicted octanol–water partition coefficient (Wildman–Crippen LogP) is 4.05. The van der Waals surface area contributed by atoms with Gasteiger partial charge >= 0.3 is 0 Å². The third-order valence-electron chi connectivity index (χ3n) is 3.85. The molecule has 1 aliphatic rings. The van der Waals surface area contributed by atoms with Gasteiger partial charge in [0, 0.05) is 11.1 Å². The Hall–Kier alpha value is -1.90. The number of nitrogens with one attached hydrogen (secondary N) is 1. The highest BCUT2D eigenvalue weighted by atomic mass is 35.5. The first-order valence-electron chi connectivity index (χ1n) is 7.06. The SMILES string of the molecule is C[C@@H]1CCc2c(sc(NC(=O)c3cccnc3Cl)c2C#N)C1. The van der Waals surface area contributed by atoms with Crippen molar-refractivity contribution in [1.29, 1.82) is 5.26 Å². The maximum Gasteiger partial charge on any atom is 0.259 e. The zero-order valence-electron chi connectivity index (χ0n) is 12.0. The van der Waals surface area contributed by atoms with Crippen molar-refractivity contribution in [1.82, 2.24) is 4.98 Å². The van der Waals surface area contributed by atoms with Gasteiger partial charge in [0.05, 0.1) is 11.1 Å². The predicted molar refractivity (Wildman–Crippen MR) is 87.4 cm³/mol. The van der Waals surface area contributed by atoms with Gasteiger partial charge in [-0.2, -0.15) is 5.26 Å². The average molecular weight is 332 g/mol.